The summed E-state index contributed by atoms with van der Waals surface area (Å²) in [5, 5.41) is 10.5. The van der Waals surface area contributed by atoms with E-state index in [1.807, 2.05) is 24.3 Å². The van der Waals surface area contributed by atoms with E-state index in [0.29, 0.717) is 17.9 Å². The number of rotatable bonds is 5. The third kappa shape index (κ3) is 4.00. The van der Waals surface area contributed by atoms with Gasteiger partial charge in [0.2, 0.25) is 0 Å². The lowest BCUT2D eigenvalue weighted by molar-refractivity contribution is 0.412. The van der Waals surface area contributed by atoms with Gasteiger partial charge in [-0.3, -0.25) is 4.99 Å². The van der Waals surface area contributed by atoms with Crippen LogP contribution in [0.2, 0.25) is 5.02 Å². The third-order valence-corrected chi connectivity index (χ3v) is 3.16. The molecule has 20 heavy (non-hydrogen) atoms. The van der Waals surface area contributed by atoms with Gasteiger partial charge in [-0.2, -0.15) is 0 Å². The monoisotopic (exact) mass is 289 g/mol. The Morgan fingerprint density at radius 2 is 1.95 bits per heavy atom. The van der Waals surface area contributed by atoms with Gasteiger partial charge in [0.25, 0.3) is 0 Å². The average molecular weight is 290 g/mol. The van der Waals surface area contributed by atoms with E-state index in [2.05, 4.69) is 4.99 Å². The number of methoxy groups -OCH3 is 1. The summed E-state index contributed by atoms with van der Waals surface area (Å²) in [6.45, 7) is 0.651. The second-order valence-corrected chi connectivity index (χ2v) is 4.77. The maximum Gasteiger partial charge on any atom is 0.124 e. The minimum absolute atomic E-state index is 0.195. The molecule has 0 saturated heterocycles. The molecule has 0 aliphatic rings. The van der Waals surface area contributed by atoms with Gasteiger partial charge >= 0.3 is 0 Å². The Hall–Kier alpha value is -2.00. The van der Waals surface area contributed by atoms with Gasteiger partial charge in [0.05, 0.1) is 7.11 Å². The number of phenols is 1. The summed E-state index contributed by atoms with van der Waals surface area (Å²) in [5.41, 5.74) is 1.84. The highest BCUT2D eigenvalue weighted by Gasteiger charge is 2.00. The maximum atomic E-state index is 9.72. The molecule has 0 spiro atoms. The van der Waals surface area contributed by atoms with Crippen molar-refractivity contribution >= 4 is 17.8 Å². The molecule has 0 amide bonds. The zero-order chi connectivity index (χ0) is 14.4. The molecule has 4 heteroatoms. The van der Waals surface area contributed by atoms with Crippen molar-refractivity contribution in [1.29, 1.82) is 0 Å². The van der Waals surface area contributed by atoms with Crippen molar-refractivity contribution in [1.82, 2.24) is 0 Å². The molecule has 3 nitrogen and oxygen atoms in total. The highest BCUT2D eigenvalue weighted by molar-refractivity contribution is 6.30. The van der Waals surface area contributed by atoms with E-state index in [9.17, 15) is 5.11 Å². The van der Waals surface area contributed by atoms with Gasteiger partial charge in [-0.15, -0.1) is 0 Å². The SMILES string of the molecule is COc1ccc(O)c(C=NCCc2ccc(Cl)cc2)c1. The molecular formula is C16H16ClNO2. The maximum absolute atomic E-state index is 9.72. The predicted octanol–water partition coefficient (Wildman–Crippen LogP) is 3.72. The van der Waals surface area contributed by atoms with Crippen LogP contribution in [0, 0.1) is 0 Å². The first kappa shape index (κ1) is 14.4. The smallest absolute Gasteiger partial charge is 0.124 e. The molecule has 2 rings (SSSR count). The number of nitrogens with zero attached hydrogens (tertiary/aromatic N) is 1. The van der Waals surface area contributed by atoms with Crippen LogP contribution >= 0.6 is 11.6 Å². The number of aliphatic imine (C=N–C) groups is 1. The molecule has 0 radical (unpaired) electrons. The second kappa shape index (κ2) is 6.96. The predicted molar refractivity (Wildman–Crippen MR) is 82.3 cm³/mol. The van der Waals surface area contributed by atoms with Crippen molar-refractivity contribution in [2.24, 2.45) is 4.99 Å². The summed E-state index contributed by atoms with van der Waals surface area (Å²) in [6.07, 6.45) is 2.49. The number of halogens is 1. The van der Waals surface area contributed by atoms with E-state index in [0.717, 1.165) is 11.4 Å². The first-order chi connectivity index (χ1) is 9.69. The fourth-order valence-electron chi connectivity index (χ4n) is 1.77. The summed E-state index contributed by atoms with van der Waals surface area (Å²) >= 11 is 5.83. The number of aromatic hydroxyl groups is 1. The molecule has 0 bridgehead atoms. The molecule has 0 aromatic heterocycles. The normalized spacial score (nSPS) is 10.9. The van der Waals surface area contributed by atoms with Gasteiger partial charge in [-0.1, -0.05) is 23.7 Å². The van der Waals surface area contributed by atoms with Crippen LogP contribution in [0.4, 0.5) is 0 Å². The topological polar surface area (TPSA) is 41.8 Å². The van der Waals surface area contributed by atoms with Crippen LogP contribution in [0.5, 0.6) is 11.5 Å². The van der Waals surface area contributed by atoms with E-state index in [-0.39, 0.29) is 5.75 Å². The highest BCUT2D eigenvalue weighted by atomic mass is 35.5. The van der Waals surface area contributed by atoms with Crippen molar-refractivity contribution in [3.8, 4) is 11.5 Å². The standard InChI is InChI=1S/C16H16ClNO2/c1-20-15-6-7-16(19)13(10-15)11-18-9-8-12-2-4-14(17)5-3-12/h2-7,10-11,19H,8-9H2,1H3. The number of hydrogen-bond acceptors (Lipinski definition) is 3. The summed E-state index contributed by atoms with van der Waals surface area (Å²) in [5.74, 6) is 0.892. The Kier molecular flexibility index (Phi) is 5.02. The Morgan fingerprint density at radius 3 is 2.65 bits per heavy atom. The molecule has 2 aromatic rings. The van der Waals surface area contributed by atoms with Crippen molar-refractivity contribution in [3.63, 3.8) is 0 Å². The van der Waals surface area contributed by atoms with E-state index in [1.165, 1.54) is 5.56 Å². The Balaban J connectivity index is 1.94. The van der Waals surface area contributed by atoms with Crippen LogP contribution in [-0.4, -0.2) is 25.0 Å². The Labute approximate surface area is 123 Å². The van der Waals surface area contributed by atoms with E-state index in [1.54, 1.807) is 31.5 Å². The lowest BCUT2D eigenvalue weighted by Gasteiger charge is -2.03. The quantitative estimate of drug-likeness (QED) is 0.853. The molecule has 0 unspecified atom stereocenters. The lowest BCUT2D eigenvalue weighted by Crippen LogP contribution is -1.92. The number of hydrogen-bond donors (Lipinski definition) is 1. The van der Waals surface area contributed by atoms with Gasteiger partial charge in [-0.25, -0.2) is 0 Å². The summed E-state index contributed by atoms with van der Waals surface area (Å²) in [4.78, 5) is 4.32. The van der Waals surface area contributed by atoms with Crippen molar-refractivity contribution in [2.45, 2.75) is 6.42 Å². The first-order valence-corrected chi connectivity index (χ1v) is 6.68. The van der Waals surface area contributed by atoms with Crippen LogP contribution in [0.1, 0.15) is 11.1 Å². The van der Waals surface area contributed by atoms with Crippen LogP contribution in [-0.2, 0) is 6.42 Å². The molecule has 2 aromatic carbocycles. The molecule has 0 atom stereocenters. The van der Waals surface area contributed by atoms with Gasteiger partial charge in [0.15, 0.2) is 0 Å². The zero-order valence-corrected chi connectivity index (χ0v) is 12.0. The summed E-state index contributed by atoms with van der Waals surface area (Å²) < 4.78 is 5.11. The van der Waals surface area contributed by atoms with Gasteiger partial charge in [-0.05, 0) is 42.3 Å². The molecule has 104 valence electrons. The van der Waals surface area contributed by atoms with Crippen molar-refractivity contribution in [2.75, 3.05) is 13.7 Å². The van der Waals surface area contributed by atoms with Crippen LogP contribution in [0.3, 0.4) is 0 Å². The first-order valence-electron chi connectivity index (χ1n) is 6.30. The summed E-state index contributed by atoms with van der Waals surface area (Å²) in [6, 6.07) is 12.8. The zero-order valence-electron chi connectivity index (χ0n) is 11.2. The fourth-order valence-corrected chi connectivity index (χ4v) is 1.90. The van der Waals surface area contributed by atoms with Crippen LogP contribution in [0.15, 0.2) is 47.5 Å². The lowest BCUT2D eigenvalue weighted by atomic mass is 10.1. The fraction of sp³-hybridized carbons (Fsp3) is 0.188. The summed E-state index contributed by atoms with van der Waals surface area (Å²) in [7, 11) is 1.59. The molecule has 0 heterocycles. The largest absolute Gasteiger partial charge is 0.507 e. The van der Waals surface area contributed by atoms with Gasteiger partial charge < -0.3 is 9.84 Å². The van der Waals surface area contributed by atoms with Crippen LogP contribution < -0.4 is 4.74 Å². The number of phenolic OH excluding ortho intramolecular Hbond substituents is 1. The molecular weight excluding hydrogens is 274 g/mol. The molecule has 0 saturated carbocycles. The average Bonchev–Trinajstić information content (AvgIpc) is 2.47. The Bertz CT molecular complexity index is 594. The minimum Gasteiger partial charge on any atom is -0.507 e. The second-order valence-electron chi connectivity index (χ2n) is 4.34. The minimum atomic E-state index is 0.195. The van der Waals surface area contributed by atoms with E-state index < -0.39 is 0 Å². The molecule has 1 N–H and O–H groups in total. The Morgan fingerprint density at radius 1 is 1.20 bits per heavy atom. The molecule has 0 aliphatic carbocycles. The molecule has 0 fully saturated rings. The van der Waals surface area contributed by atoms with E-state index >= 15 is 0 Å². The highest BCUT2D eigenvalue weighted by Crippen LogP contribution is 2.21. The van der Waals surface area contributed by atoms with Crippen molar-refractivity contribution < 1.29 is 9.84 Å². The third-order valence-electron chi connectivity index (χ3n) is 2.91. The number of ether oxygens (including phenoxy) is 1. The molecule has 0 aliphatic heterocycles. The van der Waals surface area contributed by atoms with Crippen LogP contribution in [0.25, 0.3) is 0 Å². The number of benzene rings is 2. The van der Waals surface area contributed by atoms with E-state index in [4.69, 9.17) is 16.3 Å². The van der Waals surface area contributed by atoms with Gasteiger partial charge in [0.1, 0.15) is 11.5 Å². The van der Waals surface area contributed by atoms with Gasteiger partial charge in [0, 0.05) is 23.3 Å². The van der Waals surface area contributed by atoms with Crippen molar-refractivity contribution in [3.05, 3.63) is 58.6 Å².